The Hall–Kier alpha value is -2.41. The molecule has 1 saturated carbocycles. The molecule has 0 saturated heterocycles. The molecule has 0 unspecified atom stereocenters. The van der Waals surface area contributed by atoms with Gasteiger partial charge in [0.2, 0.25) is 5.78 Å². The maximum Gasteiger partial charge on any atom is 0.334 e. The van der Waals surface area contributed by atoms with E-state index in [1.165, 1.54) is 13.2 Å². The van der Waals surface area contributed by atoms with E-state index in [9.17, 15) is 19.5 Å². The van der Waals surface area contributed by atoms with Crippen molar-refractivity contribution >= 4 is 17.7 Å². The van der Waals surface area contributed by atoms with Crippen LogP contribution in [-0.2, 0) is 19.1 Å². The first-order chi connectivity index (χ1) is 13.5. The fourth-order valence-corrected chi connectivity index (χ4v) is 4.75. The molecular formula is C22H28O7. The molecule has 158 valence electrons. The van der Waals surface area contributed by atoms with Crippen LogP contribution >= 0.6 is 0 Å². The van der Waals surface area contributed by atoms with Gasteiger partial charge in [-0.3, -0.25) is 9.59 Å². The Morgan fingerprint density at radius 3 is 2.52 bits per heavy atom. The number of fused-ring (bicyclic) bond motifs is 2. The number of esters is 2. The normalized spacial score (nSPS) is 34.2. The minimum atomic E-state index is -2.08. The molecule has 1 aromatic rings. The molecule has 1 N–H and O–H groups in total. The molecule has 1 aromatic heterocycles. The molecule has 0 radical (unpaired) electrons. The minimum absolute atomic E-state index is 0.0512. The zero-order valence-corrected chi connectivity index (χ0v) is 17.7. The second kappa shape index (κ2) is 7.13. The SMILES string of the molecule is CC=C(C)C(=O)O[C@@H]1c2c(C)coc2C(=O)[C@@]2(O)[C@@H](OC(C)=O)CC[C@H](C)[C@@]12C. The number of rotatable bonds is 3. The van der Waals surface area contributed by atoms with E-state index in [1.807, 2.05) is 6.92 Å². The summed E-state index contributed by atoms with van der Waals surface area (Å²) in [5.41, 5.74) is -1.75. The van der Waals surface area contributed by atoms with Crippen LogP contribution in [0.1, 0.15) is 75.2 Å². The molecule has 0 amide bonds. The van der Waals surface area contributed by atoms with Crippen molar-refractivity contribution in [3.8, 4) is 0 Å². The van der Waals surface area contributed by atoms with Gasteiger partial charge in [-0.1, -0.05) is 19.9 Å². The summed E-state index contributed by atoms with van der Waals surface area (Å²) < 4.78 is 16.8. The summed E-state index contributed by atoms with van der Waals surface area (Å²) in [5, 5.41) is 11.8. The Morgan fingerprint density at radius 2 is 1.93 bits per heavy atom. The Bertz CT molecular complexity index is 895. The van der Waals surface area contributed by atoms with Crippen molar-refractivity contribution in [2.75, 3.05) is 0 Å². The molecule has 1 heterocycles. The molecular weight excluding hydrogens is 376 g/mol. The van der Waals surface area contributed by atoms with Gasteiger partial charge < -0.3 is 19.0 Å². The van der Waals surface area contributed by atoms with E-state index in [2.05, 4.69) is 0 Å². The lowest BCUT2D eigenvalue weighted by atomic mass is 9.50. The predicted molar refractivity (Wildman–Crippen MR) is 103 cm³/mol. The van der Waals surface area contributed by atoms with Gasteiger partial charge in [-0.05, 0) is 45.1 Å². The molecule has 7 heteroatoms. The summed E-state index contributed by atoms with van der Waals surface area (Å²) in [6, 6.07) is 0. The predicted octanol–water partition coefficient (Wildman–Crippen LogP) is 3.43. The molecule has 7 nitrogen and oxygen atoms in total. The highest BCUT2D eigenvalue weighted by atomic mass is 16.6. The first-order valence-corrected chi connectivity index (χ1v) is 9.86. The van der Waals surface area contributed by atoms with Crippen molar-refractivity contribution in [1.29, 1.82) is 0 Å². The zero-order chi connectivity index (χ0) is 21.7. The number of carbonyl (C=O) groups is 3. The Labute approximate surface area is 170 Å². The van der Waals surface area contributed by atoms with Gasteiger partial charge in [-0.2, -0.15) is 0 Å². The standard InChI is InChI=1S/C22H28O7/c1-7-11(2)20(25)29-19-16-12(3)10-27-17(16)18(24)22(26)15(28-14(5)23)9-8-13(4)21(19,22)6/h7,10,13,15,19,26H,8-9H2,1-6H3/t13-,15-,19+,21-,22-/m0/s1. The second-order valence-electron chi connectivity index (χ2n) is 8.37. The van der Waals surface area contributed by atoms with Gasteiger partial charge in [0, 0.05) is 18.1 Å². The van der Waals surface area contributed by atoms with Gasteiger partial charge in [0.15, 0.2) is 11.4 Å². The number of hydrogen-bond acceptors (Lipinski definition) is 7. The van der Waals surface area contributed by atoms with Crippen LogP contribution in [0.25, 0.3) is 0 Å². The van der Waals surface area contributed by atoms with Crippen molar-refractivity contribution in [3.63, 3.8) is 0 Å². The van der Waals surface area contributed by atoms with E-state index >= 15 is 0 Å². The van der Waals surface area contributed by atoms with Gasteiger partial charge >= 0.3 is 11.9 Å². The summed E-state index contributed by atoms with van der Waals surface area (Å²) in [6.07, 6.45) is 1.97. The van der Waals surface area contributed by atoms with Crippen LogP contribution in [0.2, 0.25) is 0 Å². The van der Waals surface area contributed by atoms with Crippen molar-refractivity contribution in [2.24, 2.45) is 11.3 Å². The van der Waals surface area contributed by atoms with E-state index in [0.717, 1.165) is 0 Å². The quantitative estimate of drug-likeness (QED) is 0.608. The number of Topliss-reactive ketones (excluding diaryl/α,β-unsaturated/α-hetero) is 1. The van der Waals surface area contributed by atoms with Crippen molar-refractivity contribution in [3.05, 3.63) is 34.8 Å². The summed E-state index contributed by atoms with van der Waals surface area (Å²) in [7, 11) is 0. The lowest BCUT2D eigenvalue weighted by Gasteiger charge is -2.58. The summed E-state index contributed by atoms with van der Waals surface area (Å²) in [5.74, 6) is -2.02. The molecule has 3 rings (SSSR count). The number of furan rings is 1. The highest BCUT2D eigenvalue weighted by Gasteiger charge is 2.71. The first kappa shape index (κ1) is 21.3. The minimum Gasteiger partial charge on any atom is -0.460 e. The fourth-order valence-electron chi connectivity index (χ4n) is 4.75. The van der Waals surface area contributed by atoms with Crippen LogP contribution in [0.4, 0.5) is 0 Å². The lowest BCUT2D eigenvalue weighted by molar-refractivity contribution is -0.229. The number of hydrogen-bond donors (Lipinski definition) is 1. The van der Waals surface area contributed by atoms with Crippen molar-refractivity contribution in [1.82, 2.24) is 0 Å². The molecule has 0 aromatic carbocycles. The monoisotopic (exact) mass is 404 g/mol. The molecule has 29 heavy (non-hydrogen) atoms. The molecule has 1 fully saturated rings. The third-order valence-electron chi connectivity index (χ3n) is 6.84. The molecule has 5 atom stereocenters. The highest BCUT2D eigenvalue weighted by Crippen LogP contribution is 2.61. The van der Waals surface area contributed by atoms with Crippen LogP contribution in [0.3, 0.4) is 0 Å². The van der Waals surface area contributed by atoms with E-state index < -0.39 is 40.9 Å². The van der Waals surface area contributed by atoms with Gasteiger partial charge in [0.05, 0.1) is 11.7 Å². The summed E-state index contributed by atoms with van der Waals surface area (Å²) in [6.45, 7) is 10.0. The third kappa shape index (κ3) is 2.86. The first-order valence-electron chi connectivity index (χ1n) is 9.86. The number of aryl methyl sites for hydroxylation is 1. The Balaban J connectivity index is 2.24. The van der Waals surface area contributed by atoms with Gasteiger partial charge in [-0.15, -0.1) is 0 Å². The molecule has 0 bridgehead atoms. The van der Waals surface area contributed by atoms with E-state index in [0.29, 0.717) is 29.5 Å². The number of aliphatic hydroxyl groups is 1. The molecule has 0 aliphatic heterocycles. The number of ether oxygens (including phenoxy) is 2. The number of ketones is 1. The van der Waals surface area contributed by atoms with Crippen LogP contribution < -0.4 is 0 Å². The molecule has 2 aliphatic rings. The highest BCUT2D eigenvalue weighted by molar-refractivity contribution is 6.05. The maximum absolute atomic E-state index is 13.5. The topological polar surface area (TPSA) is 103 Å². The van der Waals surface area contributed by atoms with Crippen LogP contribution in [-0.4, -0.2) is 34.5 Å². The van der Waals surface area contributed by atoms with Crippen LogP contribution in [0.15, 0.2) is 22.3 Å². The summed E-state index contributed by atoms with van der Waals surface area (Å²) >= 11 is 0. The fraction of sp³-hybridized carbons (Fsp3) is 0.591. The Kier molecular flexibility index (Phi) is 5.24. The van der Waals surface area contributed by atoms with Gasteiger partial charge in [0.1, 0.15) is 12.2 Å². The summed E-state index contributed by atoms with van der Waals surface area (Å²) in [4.78, 5) is 37.8. The van der Waals surface area contributed by atoms with E-state index in [4.69, 9.17) is 13.9 Å². The second-order valence-corrected chi connectivity index (χ2v) is 8.37. The zero-order valence-electron chi connectivity index (χ0n) is 17.7. The van der Waals surface area contributed by atoms with Crippen molar-refractivity contribution < 1.29 is 33.4 Å². The van der Waals surface area contributed by atoms with Crippen molar-refractivity contribution in [2.45, 2.75) is 72.2 Å². The average Bonchev–Trinajstić information content (AvgIpc) is 3.05. The number of carbonyl (C=O) groups excluding carboxylic acids is 3. The van der Waals surface area contributed by atoms with E-state index in [-0.39, 0.29) is 11.7 Å². The Morgan fingerprint density at radius 1 is 1.28 bits per heavy atom. The van der Waals surface area contributed by atoms with Crippen LogP contribution in [0.5, 0.6) is 0 Å². The average molecular weight is 404 g/mol. The van der Waals surface area contributed by atoms with Gasteiger partial charge in [-0.25, -0.2) is 4.79 Å². The number of allylic oxidation sites excluding steroid dienone is 1. The third-order valence-corrected chi connectivity index (χ3v) is 6.84. The molecule has 2 aliphatic carbocycles. The molecule has 0 spiro atoms. The van der Waals surface area contributed by atoms with Crippen LogP contribution in [0, 0.1) is 18.3 Å². The largest absolute Gasteiger partial charge is 0.460 e. The lowest BCUT2D eigenvalue weighted by Crippen LogP contribution is -2.70. The smallest absolute Gasteiger partial charge is 0.334 e. The van der Waals surface area contributed by atoms with Gasteiger partial charge in [0.25, 0.3) is 0 Å². The maximum atomic E-state index is 13.5. The van der Waals surface area contributed by atoms with E-state index in [1.54, 1.807) is 33.8 Å².